The van der Waals surface area contributed by atoms with Gasteiger partial charge in [0.05, 0.1) is 25.9 Å². The average Bonchev–Trinajstić information content (AvgIpc) is 3.48. The first kappa shape index (κ1) is 18.9. The third kappa shape index (κ3) is 4.35. The van der Waals surface area contributed by atoms with Crippen LogP contribution in [0.3, 0.4) is 0 Å². The van der Waals surface area contributed by atoms with Crippen LogP contribution in [0.15, 0.2) is 78.7 Å². The highest BCUT2D eigenvalue weighted by Crippen LogP contribution is 2.23. The van der Waals surface area contributed by atoms with Gasteiger partial charge in [-0.25, -0.2) is 9.67 Å². The van der Waals surface area contributed by atoms with Crippen LogP contribution in [0.2, 0.25) is 0 Å². The molecule has 0 aliphatic rings. The van der Waals surface area contributed by atoms with Crippen LogP contribution in [-0.2, 0) is 13.1 Å². The van der Waals surface area contributed by atoms with Crippen LogP contribution in [0.25, 0.3) is 5.69 Å². The van der Waals surface area contributed by atoms with Crippen LogP contribution in [0, 0.1) is 0 Å². The van der Waals surface area contributed by atoms with E-state index in [2.05, 4.69) is 10.1 Å². The lowest BCUT2D eigenvalue weighted by atomic mass is 10.1. The molecule has 146 valence electrons. The van der Waals surface area contributed by atoms with E-state index in [9.17, 15) is 4.79 Å². The average molecular weight is 404 g/mol. The van der Waals surface area contributed by atoms with E-state index in [0.717, 1.165) is 21.9 Å². The second-order valence-electron chi connectivity index (χ2n) is 6.44. The SMILES string of the molecule is COc1ccccc1CN(Cc1cccs1)C(=O)c1ccc(-n2cncn2)cc1. The van der Waals surface area contributed by atoms with Crippen molar-refractivity contribution in [2.45, 2.75) is 13.1 Å². The van der Waals surface area contributed by atoms with Gasteiger partial charge in [-0.1, -0.05) is 24.3 Å². The molecular weight excluding hydrogens is 384 g/mol. The van der Waals surface area contributed by atoms with Gasteiger partial charge in [0.25, 0.3) is 5.91 Å². The van der Waals surface area contributed by atoms with Gasteiger partial charge in [0.15, 0.2) is 0 Å². The molecule has 29 heavy (non-hydrogen) atoms. The number of hydrogen-bond donors (Lipinski definition) is 0. The Hall–Kier alpha value is -3.45. The van der Waals surface area contributed by atoms with Gasteiger partial charge in [-0.3, -0.25) is 4.79 Å². The molecule has 2 aromatic heterocycles. The molecule has 0 spiro atoms. The summed E-state index contributed by atoms with van der Waals surface area (Å²) in [5.41, 5.74) is 2.45. The molecule has 0 atom stereocenters. The predicted molar refractivity (Wildman–Crippen MR) is 112 cm³/mol. The summed E-state index contributed by atoms with van der Waals surface area (Å²) in [5, 5.41) is 6.14. The van der Waals surface area contributed by atoms with Crippen molar-refractivity contribution in [1.29, 1.82) is 0 Å². The van der Waals surface area contributed by atoms with E-state index in [-0.39, 0.29) is 5.91 Å². The number of benzene rings is 2. The highest BCUT2D eigenvalue weighted by atomic mass is 32.1. The Morgan fingerprint density at radius 2 is 1.90 bits per heavy atom. The molecule has 0 N–H and O–H groups in total. The number of hydrogen-bond acceptors (Lipinski definition) is 5. The number of carbonyl (C=O) groups excluding carboxylic acids is 1. The summed E-state index contributed by atoms with van der Waals surface area (Å²) in [4.78, 5) is 20.3. The minimum Gasteiger partial charge on any atom is -0.496 e. The third-order valence-corrected chi connectivity index (χ3v) is 5.43. The minimum atomic E-state index is -0.0329. The number of rotatable bonds is 7. The van der Waals surface area contributed by atoms with Crippen LogP contribution in [0.1, 0.15) is 20.8 Å². The Morgan fingerprint density at radius 1 is 1.07 bits per heavy atom. The fraction of sp³-hybridized carbons (Fsp3) is 0.136. The van der Waals surface area contributed by atoms with Gasteiger partial charge in [-0.15, -0.1) is 11.3 Å². The standard InChI is InChI=1S/C22H20N4O2S/c1-28-21-7-3-2-5-18(21)13-25(14-20-6-4-12-29-20)22(27)17-8-10-19(11-9-17)26-16-23-15-24-26/h2-12,15-16H,13-14H2,1H3. The molecule has 2 aromatic carbocycles. The molecule has 2 heterocycles. The maximum atomic E-state index is 13.3. The van der Waals surface area contributed by atoms with Crippen molar-refractivity contribution in [3.05, 3.63) is 94.7 Å². The van der Waals surface area contributed by atoms with Crippen LogP contribution < -0.4 is 4.74 Å². The Morgan fingerprint density at radius 3 is 2.59 bits per heavy atom. The summed E-state index contributed by atoms with van der Waals surface area (Å²) in [6, 6.07) is 19.2. The Labute approximate surface area is 173 Å². The van der Waals surface area contributed by atoms with E-state index in [1.807, 2.05) is 70.9 Å². The summed E-state index contributed by atoms with van der Waals surface area (Å²) in [6.45, 7) is 1.00. The first-order valence-electron chi connectivity index (χ1n) is 9.13. The van der Waals surface area contributed by atoms with Crippen molar-refractivity contribution in [1.82, 2.24) is 19.7 Å². The van der Waals surface area contributed by atoms with Crippen molar-refractivity contribution in [3.8, 4) is 11.4 Å². The third-order valence-electron chi connectivity index (χ3n) is 4.57. The predicted octanol–water partition coefficient (Wildman–Crippen LogP) is 4.18. The highest BCUT2D eigenvalue weighted by Gasteiger charge is 2.19. The first-order valence-corrected chi connectivity index (χ1v) is 10.0. The number of ether oxygens (including phenoxy) is 1. The Kier molecular flexibility index (Phi) is 5.67. The molecule has 0 aliphatic carbocycles. The minimum absolute atomic E-state index is 0.0329. The maximum Gasteiger partial charge on any atom is 0.254 e. The van der Waals surface area contributed by atoms with Crippen molar-refractivity contribution < 1.29 is 9.53 Å². The lowest BCUT2D eigenvalue weighted by Crippen LogP contribution is -2.30. The molecule has 0 saturated carbocycles. The van der Waals surface area contributed by atoms with E-state index in [1.165, 1.54) is 6.33 Å². The molecule has 0 unspecified atom stereocenters. The molecule has 0 bridgehead atoms. The largest absolute Gasteiger partial charge is 0.496 e. The summed E-state index contributed by atoms with van der Waals surface area (Å²) >= 11 is 1.64. The fourth-order valence-corrected chi connectivity index (χ4v) is 3.83. The number of thiophene rings is 1. The van der Waals surface area contributed by atoms with Crippen molar-refractivity contribution >= 4 is 17.2 Å². The van der Waals surface area contributed by atoms with Crippen molar-refractivity contribution in [2.24, 2.45) is 0 Å². The highest BCUT2D eigenvalue weighted by molar-refractivity contribution is 7.09. The van der Waals surface area contributed by atoms with E-state index < -0.39 is 0 Å². The quantitative estimate of drug-likeness (QED) is 0.464. The van der Waals surface area contributed by atoms with Crippen LogP contribution in [-0.4, -0.2) is 32.7 Å². The van der Waals surface area contributed by atoms with Gasteiger partial charge in [-0.05, 0) is 41.8 Å². The summed E-state index contributed by atoms with van der Waals surface area (Å²) in [5.74, 6) is 0.743. The normalized spacial score (nSPS) is 10.7. The first-order chi connectivity index (χ1) is 14.2. The number of aromatic nitrogens is 3. The Balaban J connectivity index is 1.60. The zero-order valence-electron chi connectivity index (χ0n) is 15.9. The van der Waals surface area contributed by atoms with Gasteiger partial charge in [0.1, 0.15) is 18.4 Å². The van der Waals surface area contributed by atoms with Crippen LogP contribution >= 0.6 is 11.3 Å². The van der Waals surface area contributed by atoms with Gasteiger partial charge in [-0.2, -0.15) is 5.10 Å². The second kappa shape index (κ2) is 8.70. The number of amides is 1. The molecule has 0 aliphatic heterocycles. The fourth-order valence-electron chi connectivity index (χ4n) is 3.11. The van der Waals surface area contributed by atoms with Gasteiger partial charge in [0.2, 0.25) is 0 Å². The molecule has 4 aromatic rings. The van der Waals surface area contributed by atoms with Crippen LogP contribution in [0.5, 0.6) is 5.75 Å². The smallest absolute Gasteiger partial charge is 0.254 e. The zero-order valence-corrected chi connectivity index (χ0v) is 16.7. The van der Waals surface area contributed by atoms with Crippen LogP contribution in [0.4, 0.5) is 0 Å². The molecule has 0 radical (unpaired) electrons. The zero-order chi connectivity index (χ0) is 20.1. The molecule has 7 heteroatoms. The number of nitrogens with zero attached hydrogens (tertiary/aromatic N) is 4. The lowest BCUT2D eigenvalue weighted by Gasteiger charge is -2.23. The van der Waals surface area contributed by atoms with Gasteiger partial charge >= 0.3 is 0 Å². The Bertz CT molecular complexity index is 1060. The van der Waals surface area contributed by atoms with E-state index in [4.69, 9.17) is 4.74 Å². The molecule has 1 amide bonds. The van der Waals surface area contributed by atoms with Crippen molar-refractivity contribution in [3.63, 3.8) is 0 Å². The summed E-state index contributed by atoms with van der Waals surface area (Å²) in [7, 11) is 1.65. The summed E-state index contributed by atoms with van der Waals surface area (Å²) < 4.78 is 7.13. The molecule has 0 saturated heterocycles. The van der Waals surface area contributed by atoms with Gasteiger partial charge < -0.3 is 9.64 Å². The second-order valence-corrected chi connectivity index (χ2v) is 7.47. The van der Waals surface area contributed by atoms with Gasteiger partial charge in [0, 0.05) is 16.0 Å². The molecule has 6 nitrogen and oxygen atoms in total. The number of methoxy groups -OCH3 is 1. The molecule has 4 rings (SSSR count). The number of para-hydroxylation sites is 1. The van der Waals surface area contributed by atoms with E-state index in [0.29, 0.717) is 18.7 Å². The monoisotopic (exact) mass is 404 g/mol. The number of carbonyl (C=O) groups is 1. The topological polar surface area (TPSA) is 60.2 Å². The maximum absolute atomic E-state index is 13.3. The molecular formula is C22H20N4O2S. The molecule has 0 fully saturated rings. The van der Waals surface area contributed by atoms with Crippen molar-refractivity contribution in [2.75, 3.05) is 7.11 Å². The lowest BCUT2D eigenvalue weighted by molar-refractivity contribution is 0.0730. The summed E-state index contributed by atoms with van der Waals surface area (Å²) in [6.07, 6.45) is 3.11. The van der Waals surface area contributed by atoms with E-state index >= 15 is 0 Å². The van der Waals surface area contributed by atoms with E-state index in [1.54, 1.807) is 29.5 Å².